The average Bonchev–Trinajstić information content (AvgIpc) is 2.55. The van der Waals surface area contributed by atoms with Crippen molar-refractivity contribution in [3.63, 3.8) is 0 Å². The highest BCUT2D eigenvalue weighted by atomic mass is 16.1. The maximum absolute atomic E-state index is 12.4. The Morgan fingerprint density at radius 2 is 1.81 bits per heavy atom. The van der Waals surface area contributed by atoms with Gasteiger partial charge in [0.1, 0.15) is 5.78 Å². The van der Waals surface area contributed by atoms with Gasteiger partial charge in [0.2, 0.25) is 0 Å². The van der Waals surface area contributed by atoms with Crippen LogP contribution < -0.4 is 0 Å². The van der Waals surface area contributed by atoms with Crippen LogP contribution in [0.4, 0.5) is 0 Å². The number of piperidine rings is 1. The summed E-state index contributed by atoms with van der Waals surface area (Å²) < 4.78 is 0. The van der Waals surface area contributed by atoms with Gasteiger partial charge in [0.15, 0.2) is 0 Å². The van der Waals surface area contributed by atoms with E-state index in [0.717, 1.165) is 25.8 Å². The van der Waals surface area contributed by atoms with Crippen molar-refractivity contribution in [2.45, 2.75) is 64.0 Å². The largest absolute Gasteiger partial charge is 0.299 e. The predicted octanol–water partition coefficient (Wildman–Crippen LogP) is 4.36. The lowest BCUT2D eigenvalue weighted by molar-refractivity contribution is -0.128. The fourth-order valence-corrected chi connectivity index (χ4v) is 4.23. The summed E-state index contributed by atoms with van der Waals surface area (Å²) >= 11 is 0. The molecule has 3 rings (SSSR count). The lowest BCUT2D eigenvalue weighted by Crippen LogP contribution is -2.48. The number of hydrogen-bond donors (Lipinski definition) is 0. The minimum Gasteiger partial charge on any atom is -0.299 e. The van der Waals surface area contributed by atoms with Gasteiger partial charge in [-0.15, -0.1) is 0 Å². The maximum atomic E-state index is 12.4. The van der Waals surface area contributed by atoms with E-state index in [4.69, 9.17) is 0 Å². The van der Waals surface area contributed by atoms with Crippen molar-refractivity contribution >= 4 is 5.78 Å². The van der Waals surface area contributed by atoms with Gasteiger partial charge in [-0.05, 0) is 44.7 Å². The molecule has 3 unspecified atom stereocenters. The van der Waals surface area contributed by atoms with Crippen LogP contribution in [0.5, 0.6) is 0 Å². The number of carbonyl (C=O) groups excluding carboxylic acids is 1. The first kappa shape index (κ1) is 14.8. The molecule has 2 aliphatic rings. The molecule has 0 N–H and O–H groups in total. The molecule has 1 aromatic carbocycles. The standard InChI is InChI=1S/C19H27NO/c1-15(16-9-3-2-4-10-16)20-14-8-7-12-18(20)17-11-5-6-13-19(17)21/h2-4,9-10,15,17-18H,5-8,11-14H2,1H3. The Hall–Kier alpha value is -1.15. The Bertz CT molecular complexity index is 470. The normalized spacial score (nSPS) is 29.3. The summed E-state index contributed by atoms with van der Waals surface area (Å²) in [5.41, 5.74) is 1.38. The Morgan fingerprint density at radius 3 is 2.57 bits per heavy atom. The Balaban J connectivity index is 1.79. The number of carbonyl (C=O) groups is 1. The Morgan fingerprint density at radius 1 is 1.05 bits per heavy atom. The maximum Gasteiger partial charge on any atom is 0.137 e. The SMILES string of the molecule is CC(c1ccccc1)N1CCCCC1C1CCCCC1=O. The summed E-state index contributed by atoms with van der Waals surface area (Å²) in [5, 5.41) is 0. The molecule has 0 bridgehead atoms. The molecule has 3 atom stereocenters. The van der Waals surface area contributed by atoms with Gasteiger partial charge in [0.25, 0.3) is 0 Å². The molecule has 2 heteroatoms. The van der Waals surface area contributed by atoms with E-state index < -0.39 is 0 Å². The molecule has 0 aromatic heterocycles. The first-order valence-electron chi connectivity index (χ1n) is 8.61. The highest BCUT2D eigenvalue weighted by Crippen LogP contribution is 2.36. The quantitative estimate of drug-likeness (QED) is 0.822. The predicted molar refractivity (Wildman–Crippen MR) is 86.2 cm³/mol. The molecule has 0 spiro atoms. The third-order valence-corrected chi connectivity index (χ3v) is 5.44. The molecule has 1 heterocycles. The van der Waals surface area contributed by atoms with Crippen LogP contribution in [-0.2, 0) is 4.79 Å². The van der Waals surface area contributed by atoms with Gasteiger partial charge in [-0.3, -0.25) is 9.69 Å². The van der Waals surface area contributed by atoms with E-state index in [2.05, 4.69) is 42.2 Å². The van der Waals surface area contributed by atoms with Gasteiger partial charge in [0.05, 0.1) is 0 Å². The molecule has 0 amide bonds. The van der Waals surface area contributed by atoms with Crippen LogP contribution in [0.15, 0.2) is 30.3 Å². The van der Waals surface area contributed by atoms with Crippen LogP contribution in [-0.4, -0.2) is 23.3 Å². The number of likely N-dealkylation sites (tertiary alicyclic amines) is 1. The van der Waals surface area contributed by atoms with E-state index in [1.54, 1.807) is 0 Å². The second kappa shape index (κ2) is 6.74. The molecule has 1 aromatic rings. The zero-order valence-corrected chi connectivity index (χ0v) is 13.1. The van der Waals surface area contributed by atoms with E-state index in [1.165, 1.54) is 31.2 Å². The van der Waals surface area contributed by atoms with Crippen LogP contribution in [0.1, 0.15) is 63.5 Å². The Kier molecular flexibility index (Phi) is 4.74. The van der Waals surface area contributed by atoms with Crippen LogP contribution >= 0.6 is 0 Å². The van der Waals surface area contributed by atoms with Gasteiger partial charge in [-0.25, -0.2) is 0 Å². The van der Waals surface area contributed by atoms with Crippen LogP contribution in [0.3, 0.4) is 0 Å². The molecular weight excluding hydrogens is 258 g/mol. The second-order valence-corrected chi connectivity index (χ2v) is 6.71. The zero-order chi connectivity index (χ0) is 14.7. The van der Waals surface area contributed by atoms with Crippen LogP contribution in [0.25, 0.3) is 0 Å². The summed E-state index contributed by atoms with van der Waals surface area (Å²) in [7, 11) is 0. The van der Waals surface area contributed by atoms with Crippen molar-refractivity contribution in [1.82, 2.24) is 4.90 Å². The molecule has 1 aliphatic carbocycles. The molecule has 0 radical (unpaired) electrons. The van der Waals surface area contributed by atoms with Crippen molar-refractivity contribution in [1.29, 1.82) is 0 Å². The van der Waals surface area contributed by atoms with Crippen molar-refractivity contribution in [3.05, 3.63) is 35.9 Å². The van der Waals surface area contributed by atoms with Gasteiger partial charge in [-0.2, -0.15) is 0 Å². The molecular formula is C19H27NO. The zero-order valence-electron chi connectivity index (χ0n) is 13.1. The molecule has 21 heavy (non-hydrogen) atoms. The first-order chi connectivity index (χ1) is 10.3. The van der Waals surface area contributed by atoms with Crippen LogP contribution in [0.2, 0.25) is 0 Å². The van der Waals surface area contributed by atoms with Crippen molar-refractivity contribution in [2.24, 2.45) is 5.92 Å². The number of ketones is 1. The van der Waals surface area contributed by atoms with E-state index in [0.29, 0.717) is 23.8 Å². The fourth-order valence-electron chi connectivity index (χ4n) is 4.23. The highest BCUT2D eigenvalue weighted by molar-refractivity contribution is 5.82. The lowest BCUT2D eigenvalue weighted by atomic mass is 9.78. The van der Waals surface area contributed by atoms with Crippen molar-refractivity contribution in [3.8, 4) is 0 Å². The summed E-state index contributed by atoms with van der Waals surface area (Å²) in [6.45, 7) is 3.45. The molecule has 2 nitrogen and oxygen atoms in total. The summed E-state index contributed by atoms with van der Waals surface area (Å²) in [4.78, 5) is 15.0. The first-order valence-corrected chi connectivity index (χ1v) is 8.61. The number of rotatable bonds is 3. The molecule has 2 fully saturated rings. The third-order valence-electron chi connectivity index (χ3n) is 5.44. The van der Waals surface area contributed by atoms with E-state index in [9.17, 15) is 4.79 Å². The molecule has 114 valence electrons. The lowest BCUT2D eigenvalue weighted by Gasteiger charge is -2.44. The number of hydrogen-bond acceptors (Lipinski definition) is 2. The van der Waals surface area contributed by atoms with Crippen LogP contribution in [0, 0.1) is 5.92 Å². The molecule has 1 saturated carbocycles. The van der Waals surface area contributed by atoms with Crippen molar-refractivity contribution < 1.29 is 4.79 Å². The van der Waals surface area contributed by atoms with Crippen molar-refractivity contribution in [2.75, 3.05) is 6.54 Å². The minimum absolute atomic E-state index is 0.296. The van der Waals surface area contributed by atoms with E-state index in [-0.39, 0.29) is 0 Å². The molecule has 1 aliphatic heterocycles. The summed E-state index contributed by atoms with van der Waals surface area (Å²) in [6, 6.07) is 11.7. The van der Waals surface area contributed by atoms with Gasteiger partial charge in [0, 0.05) is 24.4 Å². The topological polar surface area (TPSA) is 20.3 Å². The molecule has 1 saturated heterocycles. The number of nitrogens with zero attached hydrogens (tertiary/aromatic N) is 1. The van der Waals surface area contributed by atoms with Gasteiger partial charge in [-0.1, -0.05) is 43.2 Å². The number of benzene rings is 1. The van der Waals surface area contributed by atoms with Gasteiger partial charge < -0.3 is 0 Å². The van der Waals surface area contributed by atoms with E-state index >= 15 is 0 Å². The van der Waals surface area contributed by atoms with Gasteiger partial charge >= 0.3 is 0 Å². The monoisotopic (exact) mass is 285 g/mol. The van der Waals surface area contributed by atoms with E-state index in [1.807, 2.05) is 0 Å². The highest BCUT2D eigenvalue weighted by Gasteiger charge is 2.37. The summed E-state index contributed by atoms with van der Waals surface area (Å²) in [5.74, 6) is 0.823. The average molecular weight is 285 g/mol. The minimum atomic E-state index is 0.296. The smallest absolute Gasteiger partial charge is 0.137 e. The second-order valence-electron chi connectivity index (χ2n) is 6.71. The number of Topliss-reactive ketones (excluding diaryl/α,β-unsaturated/α-hetero) is 1. The third kappa shape index (κ3) is 3.21. The Labute approximate surface area is 128 Å². The summed E-state index contributed by atoms with van der Waals surface area (Å²) in [6.07, 6.45) is 8.03. The fraction of sp³-hybridized carbons (Fsp3) is 0.632.